The number of carbonyl (C=O) groups excluding carboxylic acids is 1. The van der Waals surface area contributed by atoms with E-state index in [4.69, 9.17) is 11.6 Å². The second-order valence-electron chi connectivity index (χ2n) is 9.79. The Morgan fingerprint density at radius 1 is 1.26 bits per heavy atom. The van der Waals surface area contributed by atoms with E-state index >= 15 is 0 Å². The Kier molecular flexibility index (Phi) is 5.11. The molecule has 31 heavy (non-hydrogen) atoms. The van der Waals surface area contributed by atoms with Crippen LogP contribution in [0.3, 0.4) is 0 Å². The van der Waals surface area contributed by atoms with Crippen LogP contribution in [-0.4, -0.2) is 51.2 Å². The second-order valence-corrected chi connectivity index (χ2v) is 10.2. The van der Waals surface area contributed by atoms with E-state index in [9.17, 15) is 14.3 Å². The maximum atomic E-state index is 13.4. The lowest BCUT2D eigenvalue weighted by Crippen LogP contribution is -2.55. The number of aromatic nitrogens is 2. The summed E-state index contributed by atoms with van der Waals surface area (Å²) < 4.78 is 15.2. The minimum Gasteiger partial charge on any atom is -0.389 e. The Morgan fingerprint density at radius 2 is 1.94 bits per heavy atom. The monoisotopic (exact) mass is 446 g/mol. The molecule has 0 radical (unpaired) electrons. The zero-order valence-corrected chi connectivity index (χ0v) is 18.6. The van der Waals surface area contributed by atoms with Crippen molar-refractivity contribution in [3.8, 4) is 0 Å². The number of nitrogens with zero attached hydrogens (tertiary/aromatic N) is 3. The molecule has 1 aliphatic heterocycles. The lowest BCUT2D eigenvalue weighted by Gasteiger charge is -2.45. The number of amides is 1. The summed E-state index contributed by atoms with van der Waals surface area (Å²) in [6.45, 7) is 1.97. The zero-order valence-electron chi connectivity index (χ0n) is 17.8. The van der Waals surface area contributed by atoms with Gasteiger partial charge in [0.15, 0.2) is 0 Å². The molecular weight excluding hydrogens is 419 g/mol. The van der Waals surface area contributed by atoms with E-state index in [-0.39, 0.29) is 16.8 Å². The summed E-state index contributed by atoms with van der Waals surface area (Å²) in [5, 5.41) is 14.0. The molecule has 2 heterocycles. The standard InChI is InChI=1S/C23H28ClFN4O2/c1-28-10-16(11-28)23(31)8-14-5-13(6-15(14)9-23)20-21(29(2)12-26-20)22(30)27-17-3-4-19(25)18(24)7-17/h3-4,7,12-16,31H,5-6,8-11H2,1-2H3,(H,27,30). The van der Waals surface area contributed by atoms with Crippen molar-refractivity contribution in [1.29, 1.82) is 0 Å². The number of aryl methyl sites for hydroxylation is 1. The molecule has 2 saturated carbocycles. The predicted octanol–water partition coefficient (Wildman–Crippen LogP) is 3.66. The van der Waals surface area contributed by atoms with Crippen molar-refractivity contribution >= 4 is 23.2 Å². The van der Waals surface area contributed by atoms with Crippen molar-refractivity contribution in [2.24, 2.45) is 24.8 Å². The first-order valence-corrected chi connectivity index (χ1v) is 11.3. The molecule has 2 N–H and O–H groups in total. The van der Waals surface area contributed by atoms with Crippen molar-refractivity contribution in [3.63, 3.8) is 0 Å². The molecule has 1 aromatic carbocycles. The van der Waals surface area contributed by atoms with E-state index < -0.39 is 11.4 Å². The summed E-state index contributed by atoms with van der Waals surface area (Å²) in [6, 6.07) is 4.14. The van der Waals surface area contributed by atoms with Crippen molar-refractivity contribution in [3.05, 3.63) is 46.8 Å². The molecule has 2 atom stereocenters. The summed E-state index contributed by atoms with van der Waals surface area (Å²) in [5.74, 6) is 0.766. The van der Waals surface area contributed by atoms with Gasteiger partial charge in [0.1, 0.15) is 11.5 Å². The van der Waals surface area contributed by atoms with Gasteiger partial charge in [-0.05, 0) is 62.8 Å². The number of rotatable bonds is 4. The van der Waals surface area contributed by atoms with Crippen molar-refractivity contribution in [2.75, 3.05) is 25.5 Å². The molecule has 2 aliphatic carbocycles. The van der Waals surface area contributed by atoms with Crippen LogP contribution in [0, 0.1) is 23.6 Å². The Balaban J connectivity index is 1.30. The van der Waals surface area contributed by atoms with Gasteiger partial charge >= 0.3 is 0 Å². The topological polar surface area (TPSA) is 70.4 Å². The predicted molar refractivity (Wildman–Crippen MR) is 117 cm³/mol. The van der Waals surface area contributed by atoms with Gasteiger partial charge in [-0.25, -0.2) is 9.37 Å². The van der Waals surface area contributed by atoms with Gasteiger partial charge in [0.2, 0.25) is 0 Å². The number of fused-ring (bicyclic) bond motifs is 1. The number of likely N-dealkylation sites (tertiary alicyclic amines) is 1. The summed E-state index contributed by atoms with van der Waals surface area (Å²) >= 11 is 5.84. The van der Waals surface area contributed by atoms with Gasteiger partial charge in [0, 0.05) is 37.7 Å². The third kappa shape index (κ3) is 3.66. The van der Waals surface area contributed by atoms with Crippen molar-refractivity contribution in [1.82, 2.24) is 14.5 Å². The molecule has 0 spiro atoms. The van der Waals surface area contributed by atoms with Crippen LogP contribution in [0.5, 0.6) is 0 Å². The summed E-state index contributed by atoms with van der Waals surface area (Å²) in [7, 11) is 3.91. The van der Waals surface area contributed by atoms with Gasteiger partial charge in [0.05, 0.1) is 22.6 Å². The first-order valence-electron chi connectivity index (χ1n) is 10.9. The third-order valence-corrected chi connectivity index (χ3v) is 7.93. The Hall–Kier alpha value is -1.96. The fraction of sp³-hybridized carbons (Fsp3) is 0.565. The lowest BCUT2D eigenvalue weighted by molar-refractivity contribution is -0.0791. The van der Waals surface area contributed by atoms with Crippen LogP contribution in [0.4, 0.5) is 10.1 Å². The van der Waals surface area contributed by atoms with Crippen LogP contribution >= 0.6 is 11.6 Å². The van der Waals surface area contributed by atoms with Crippen LogP contribution < -0.4 is 5.32 Å². The molecule has 3 aliphatic rings. The number of aliphatic hydroxyl groups is 1. The minimum atomic E-state index is -0.529. The average molecular weight is 447 g/mol. The molecule has 2 unspecified atom stereocenters. The van der Waals surface area contributed by atoms with Gasteiger partial charge in [-0.1, -0.05) is 11.6 Å². The van der Waals surface area contributed by atoms with Crippen LogP contribution in [0.2, 0.25) is 5.02 Å². The Bertz CT molecular complexity index is 1010. The van der Waals surface area contributed by atoms with Gasteiger partial charge in [0.25, 0.3) is 5.91 Å². The van der Waals surface area contributed by atoms with Gasteiger partial charge in [-0.3, -0.25) is 4.79 Å². The van der Waals surface area contributed by atoms with Gasteiger partial charge in [-0.15, -0.1) is 0 Å². The molecule has 8 heteroatoms. The van der Waals surface area contributed by atoms with Gasteiger partial charge in [-0.2, -0.15) is 0 Å². The first-order chi connectivity index (χ1) is 14.7. The van der Waals surface area contributed by atoms with E-state index in [0.29, 0.717) is 29.1 Å². The molecule has 2 aromatic rings. The number of nitrogens with one attached hydrogen (secondary N) is 1. The molecular formula is C23H28ClFN4O2. The highest BCUT2D eigenvalue weighted by molar-refractivity contribution is 6.31. The summed E-state index contributed by atoms with van der Waals surface area (Å²) in [5.41, 5.74) is 1.26. The highest BCUT2D eigenvalue weighted by atomic mass is 35.5. The highest BCUT2D eigenvalue weighted by Crippen LogP contribution is 2.56. The van der Waals surface area contributed by atoms with E-state index in [0.717, 1.165) is 44.5 Å². The maximum Gasteiger partial charge on any atom is 0.274 e. The Morgan fingerprint density at radius 3 is 2.55 bits per heavy atom. The van der Waals surface area contributed by atoms with Gasteiger partial charge < -0.3 is 19.9 Å². The fourth-order valence-electron chi connectivity index (χ4n) is 6.09. The van der Waals surface area contributed by atoms with Crippen LogP contribution in [-0.2, 0) is 7.05 Å². The number of benzene rings is 1. The molecule has 1 aromatic heterocycles. The third-order valence-electron chi connectivity index (χ3n) is 7.64. The van der Waals surface area contributed by atoms with E-state index in [1.807, 2.05) is 7.05 Å². The van der Waals surface area contributed by atoms with E-state index in [1.54, 1.807) is 10.9 Å². The lowest BCUT2D eigenvalue weighted by atomic mass is 9.78. The largest absolute Gasteiger partial charge is 0.389 e. The van der Waals surface area contributed by atoms with Crippen molar-refractivity contribution < 1.29 is 14.3 Å². The number of anilines is 1. The van der Waals surface area contributed by atoms with E-state index in [2.05, 4.69) is 22.2 Å². The molecule has 6 nitrogen and oxygen atoms in total. The number of hydrogen-bond donors (Lipinski definition) is 2. The average Bonchev–Trinajstić information content (AvgIpc) is 3.33. The van der Waals surface area contributed by atoms with E-state index in [1.165, 1.54) is 18.2 Å². The van der Waals surface area contributed by atoms with Crippen LogP contribution in [0.15, 0.2) is 24.5 Å². The molecule has 5 rings (SSSR count). The summed E-state index contributed by atoms with van der Waals surface area (Å²) in [6.07, 6.45) is 5.30. The number of carbonyl (C=O) groups is 1. The Labute approximate surface area is 186 Å². The zero-order chi connectivity index (χ0) is 21.9. The minimum absolute atomic E-state index is 0.0307. The highest BCUT2D eigenvalue weighted by Gasteiger charge is 2.54. The molecule has 0 bridgehead atoms. The number of hydrogen-bond acceptors (Lipinski definition) is 4. The fourth-order valence-corrected chi connectivity index (χ4v) is 6.27. The smallest absolute Gasteiger partial charge is 0.274 e. The second kappa shape index (κ2) is 7.57. The quantitative estimate of drug-likeness (QED) is 0.752. The normalized spacial score (nSPS) is 30.9. The van der Waals surface area contributed by atoms with Crippen LogP contribution in [0.25, 0.3) is 0 Å². The molecule has 1 saturated heterocycles. The molecule has 166 valence electrons. The molecule has 1 amide bonds. The van der Waals surface area contributed by atoms with Crippen LogP contribution in [0.1, 0.15) is 47.8 Å². The maximum absolute atomic E-state index is 13.4. The summed E-state index contributed by atoms with van der Waals surface area (Å²) in [4.78, 5) is 19.9. The molecule has 3 fully saturated rings. The SMILES string of the molecule is CN1CC(C2(O)CC3CC(c4ncn(C)c4C(=O)Nc4ccc(F)c(Cl)c4)CC3C2)C1. The van der Waals surface area contributed by atoms with Crippen molar-refractivity contribution in [2.45, 2.75) is 37.2 Å². The first kappa shape index (κ1) is 20.9. The number of halogens is 2. The number of imidazole rings is 1.